The number of carbonyl (C=O) groups is 1. The third-order valence-corrected chi connectivity index (χ3v) is 4.02. The van der Waals surface area contributed by atoms with Gasteiger partial charge in [0.25, 0.3) is 5.91 Å². The van der Waals surface area contributed by atoms with Gasteiger partial charge in [-0.1, -0.05) is 22.9 Å². The highest BCUT2D eigenvalue weighted by molar-refractivity contribution is 9.09. The molecule has 1 N–H and O–H groups in total. The lowest BCUT2D eigenvalue weighted by Gasteiger charge is -2.09. The normalized spacial score (nSPS) is 12.0. The zero-order chi connectivity index (χ0) is 16.0. The van der Waals surface area contributed by atoms with Crippen LogP contribution in [0.4, 0.5) is 14.5 Å². The van der Waals surface area contributed by atoms with Gasteiger partial charge in [0.2, 0.25) is 5.82 Å². The Balaban J connectivity index is 2.74. The van der Waals surface area contributed by atoms with E-state index in [1.165, 1.54) is 0 Å². The zero-order valence-electron chi connectivity index (χ0n) is 11.4. The Morgan fingerprint density at radius 1 is 1.48 bits per heavy atom. The topological polar surface area (TPSA) is 72.2 Å². The highest BCUT2D eigenvalue weighted by atomic mass is 79.9. The number of carbonyl (C=O) groups excluding carboxylic acids is 1. The molecule has 21 heavy (non-hydrogen) atoms. The minimum absolute atomic E-state index is 0.248. The molecule has 5 nitrogen and oxygen atoms in total. The molecule has 1 rings (SSSR count). The maximum atomic E-state index is 13.8. The quantitative estimate of drug-likeness (QED) is 0.348. The van der Waals surface area contributed by atoms with E-state index in [2.05, 4.69) is 21.2 Å². The van der Waals surface area contributed by atoms with Crippen molar-refractivity contribution in [2.75, 3.05) is 11.9 Å². The van der Waals surface area contributed by atoms with Crippen molar-refractivity contribution in [3.05, 3.63) is 39.4 Å². The minimum Gasteiger partial charge on any atom is -0.352 e. The van der Waals surface area contributed by atoms with Crippen molar-refractivity contribution in [1.82, 2.24) is 5.32 Å². The summed E-state index contributed by atoms with van der Waals surface area (Å²) in [5.41, 5.74) is -1.84. The van der Waals surface area contributed by atoms with Gasteiger partial charge in [0, 0.05) is 17.9 Å². The molecule has 1 amide bonds. The van der Waals surface area contributed by atoms with Crippen LogP contribution < -0.4 is 5.32 Å². The van der Waals surface area contributed by atoms with Gasteiger partial charge >= 0.3 is 5.69 Å². The number of halogens is 3. The van der Waals surface area contributed by atoms with Gasteiger partial charge < -0.3 is 5.32 Å². The van der Waals surface area contributed by atoms with Crippen LogP contribution in [0.5, 0.6) is 0 Å². The van der Waals surface area contributed by atoms with Crippen molar-refractivity contribution in [3.63, 3.8) is 0 Å². The molecule has 1 aromatic rings. The zero-order valence-corrected chi connectivity index (χ0v) is 13.0. The minimum atomic E-state index is -1.45. The van der Waals surface area contributed by atoms with Crippen molar-refractivity contribution in [2.24, 2.45) is 5.92 Å². The average molecular weight is 365 g/mol. The molecule has 0 saturated carbocycles. The Hall–Kier alpha value is -1.57. The summed E-state index contributed by atoms with van der Waals surface area (Å²) in [6.45, 7) is 2.27. The Kier molecular flexibility index (Phi) is 6.67. The van der Waals surface area contributed by atoms with E-state index in [4.69, 9.17) is 0 Å². The lowest BCUT2D eigenvalue weighted by Crippen LogP contribution is -2.27. The highest BCUT2D eigenvalue weighted by Gasteiger charge is 2.25. The van der Waals surface area contributed by atoms with Crippen LogP contribution in [0.15, 0.2) is 12.1 Å². The summed E-state index contributed by atoms with van der Waals surface area (Å²) in [6, 6.07) is 1.40. The molecule has 0 aliphatic rings. The van der Waals surface area contributed by atoms with E-state index in [9.17, 15) is 23.7 Å². The summed E-state index contributed by atoms with van der Waals surface area (Å²) in [5.74, 6) is -3.14. The fraction of sp³-hybridized carbons (Fsp3) is 0.462. The predicted molar refractivity (Wildman–Crippen MR) is 77.5 cm³/mol. The first kappa shape index (κ1) is 17.5. The molecule has 0 aliphatic carbocycles. The second kappa shape index (κ2) is 8.02. The highest BCUT2D eigenvalue weighted by Crippen LogP contribution is 2.22. The molecule has 1 atom stereocenters. The van der Waals surface area contributed by atoms with Crippen LogP contribution in [0.3, 0.4) is 0 Å². The van der Waals surface area contributed by atoms with Gasteiger partial charge in [-0.2, -0.15) is 4.39 Å². The van der Waals surface area contributed by atoms with Crippen molar-refractivity contribution < 1.29 is 18.5 Å². The first-order valence-electron chi connectivity index (χ1n) is 6.35. The SMILES string of the molecule is CC(CBr)CCCNC(=O)c1c(F)ccc([N+](=O)[O-])c1F. The average Bonchev–Trinajstić information content (AvgIpc) is 2.42. The molecule has 1 aromatic carbocycles. The molecule has 0 spiro atoms. The summed E-state index contributed by atoms with van der Waals surface area (Å²) in [5, 5.41) is 13.8. The molecule has 8 heteroatoms. The van der Waals surface area contributed by atoms with Crippen molar-refractivity contribution >= 4 is 27.5 Å². The van der Waals surface area contributed by atoms with Crippen molar-refractivity contribution in [3.8, 4) is 0 Å². The Morgan fingerprint density at radius 2 is 2.14 bits per heavy atom. The number of benzene rings is 1. The number of amides is 1. The number of nitrogens with zero attached hydrogens (tertiary/aromatic N) is 1. The van der Waals surface area contributed by atoms with Crippen molar-refractivity contribution in [1.29, 1.82) is 0 Å². The van der Waals surface area contributed by atoms with Crippen molar-refractivity contribution in [2.45, 2.75) is 19.8 Å². The van der Waals surface area contributed by atoms with E-state index >= 15 is 0 Å². The Bertz CT molecular complexity index is 540. The number of hydrogen-bond donors (Lipinski definition) is 1. The van der Waals surface area contributed by atoms with Gasteiger partial charge in [-0.05, 0) is 24.8 Å². The van der Waals surface area contributed by atoms with Gasteiger partial charge in [-0.3, -0.25) is 14.9 Å². The first-order chi connectivity index (χ1) is 9.88. The third kappa shape index (κ3) is 4.73. The molecule has 0 aromatic heterocycles. The fourth-order valence-corrected chi connectivity index (χ4v) is 2.03. The summed E-state index contributed by atoms with van der Waals surface area (Å²) in [4.78, 5) is 21.3. The van der Waals surface area contributed by atoms with E-state index in [1.807, 2.05) is 6.92 Å². The van der Waals surface area contributed by atoms with Gasteiger partial charge in [0.05, 0.1) is 4.92 Å². The van der Waals surface area contributed by atoms with Gasteiger partial charge in [0.15, 0.2) is 0 Å². The van der Waals surface area contributed by atoms with Crippen LogP contribution in [0.2, 0.25) is 0 Å². The number of nitro benzene ring substituents is 1. The molecule has 0 saturated heterocycles. The number of hydrogen-bond acceptors (Lipinski definition) is 3. The molecule has 0 radical (unpaired) electrons. The van der Waals surface area contributed by atoms with Crippen LogP contribution in [-0.2, 0) is 0 Å². The number of nitrogens with one attached hydrogen (secondary N) is 1. The first-order valence-corrected chi connectivity index (χ1v) is 7.47. The van der Waals surface area contributed by atoms with E-state index in [0.29, 0.717) is 24.5 Å². The number of rotatable bonds is 7. The maximum Gasteiger partial charge on any atom is 0.305 e. The van der Waals surface area contributed by atoms with Gasteiger partial charge in [-0.25, -0.2) is 4.39 Å². The molecule has 0 bridgehead atoms. The third-order valence-electron chi connectivity index (χ3n) is 2.92. The smallest absolute Gasteiger partial charge is 0.305 e. The van der Waals surface area contributed by atoms with E-state index in [-0.39, 0.29) is 6.54 Å². The number of nitro groups is 1. The molecule has 0 fully saturated rings. The van der Waals surface area contributed by atoms with Crippen LogP contribution in [0.1, 0.15) is 30.1 Å². The molecule has 0 aliphatic heterocycles. The molecule has 116 valence electrons. The molecule has 0 heterocycles. The maximum absolute atomic E-state index is 13.8. The lowest BCUT2D eigenvalue weighted by atomic mass is 10.1. The van der Waals surface area contributed by atoms with E-state index in [0.717, 1.165) is 11.8 Å². The van der Waals surface area contributed by atoms with Gasteiger partial charge in [-0.15, -0.1) is 0 Å². The second-order valence-corrected chi connectivity index (χ2v) is 5.32. The Labute approximate surface area is 129 Å². The van der Waals surface area contributed by atoms with E-state index in [1.54, 1.807) is 0 Å². The van der Waals surface area contributed by atoms with Crippen LogP contribution in [0.25, 0.3) is 0 Å². The summed E-state index contributed by atoms with van der Waals surface area (Å²) < 4.78 is 27.3. The molecular weight excluding hydrogens is 350 g/mol. The second-order valence-electron chi connectivity index (χ2n) is 4.67. The largest absolute Gasteiger partial charge is 0.352 e. The monoisotopic (exact) mass is 364 g/mol. The predicted octanol–water partition coefficient (Wildman–Crippen LogP) is 3.41. The number of alkyl halides is 1. The summed E-state index contributed by atoms with van der Waals surface area (Å²) in [7, 11) is 0. The summed E-state index contributed by atoms with van der Waals surface area (Å²) in [6.07, 6.45) is 1.49. The van der Waals surface area contributed by atoms with Gasteiger partial charge in [0.1, 0.15) is 11.4 Å². The van der Waals surface area contributed by atoms with Crippen LogP contribution in [-0.4, -0.2) is 22.7 Å². The lowest BCUT2D eigenvalue weighted by molar-refractivity contribution is -0.387. The van der Waals surface area contributed by atoms with Crippen LogP contribution in [0, 0.1) is 27.7 Å². The van der Waals surface area contributed by atoms with E-state index < -0.39 is 33.7 Å². The standard InChI is InChI=1S/C13H15BrF2N2O3/c1-8(7-14)3-2-6-17-13(19)11-9(15)4-5-10(12(11)16)18(20)21/h4-5,8H,2-3,6-7H2,1H3,(H,17,19). The fourth-order valence-electron chi connectivity index (χ4n) is 1.71. The molecule has 1 unspecified atom stereocenters. The van der Waals surface area contributed by atoms with Crippen LogP contribution >= 0.6 is 15.9 Å². The Morgan fingerprint density at radius 3 is 2.71 bits per heavy atom. The molecular formula is C13H15BrF2N2O3. The summed E-state index contributed by atoms with van der Waals surface area (Å²) >= 11 is 3.32.